The van der Waals surface area contributed by atoms with Crippen LogP contribution < -0.4 is 0 Å². The van der Waals surface area contributed by atoms with Crippen molar-refractivity contribution in [1.82, 2.24) is 0 Å². The van der Waals surface area contributed by atoms with E-state index in [-0.39, 0.29) is 0 Å². The summed E-state index contributed by atoms with van der Waals surface area (Å²) >= 11 is 3.48. The molecule has 1 unspecified atom stereocenters. The van der Waals surface area contributed by atoms with E-state index in [1.807, 2.05) is 0 Å². The highest BCUT2D eigenvalue weighted by Crippen LogP contribution is 2.33. The number of hydrogen-bond acceptors (Lipinski definition) is 1. The molecule has 0 aromatic carbocycles. The van der Waals surface area contributed by atoms with Crippen LogP contribution in [0.15, 0.2) is 0 Å². The molecule has 0 amide bonds. The molecule has 0 radical (unpaired) electrons. The summed E-state index contributed by atoms with van der Waals surface area (Å²) in [4.78, 5) is 0. The van der Waals surface area contributed by atoms with Crippen molar-refractivity contribution in [1.29, 1.82) is 0 Å². The van der Waals surface area contributed by atoms with Crippen LogP contribution >= 0.6 is 22.8 Å². The summed E-state index contributed by atoms with van der Waals surface area (Å²) < 4.78 is 5.19. The molecular weight excluding hydrogens is 187 g/mol. The zero-order valence-electron chi connectivity index (χ0n) is 4.69. The van der Waals surface area contributed by atoms with E-state index < -0.39 is 0 Å². The molecule has 0 aromatic heterocycles. The Morgan fingerprint density at radius 2 is 2.00 bits per heavy atom. The molecule has 0 aromatic rings. The van der Waals surface area contributed by atoms with Crippen LogP contribution in [0.3, 0.4) is 0 Å². The predicted octanol–water partition coefficient (Wildman–Crippen LogP) is 2.15. The smallest absolute Gasteiger partial charge is 0.0472 e. The first-order valence-corrected chi connectivity index (χ1v) is 6.21. The van der Waals surface area contributed by atoms with Crippen molar-refractivity contribution in [3.63, 3.8) is 0 Å². The van der Waals surface area contributed by atoms with Crippen molar-refractivity contribution >= 4 is 22.8 Å². The van der Waals surface area contributed by atoms with Crippen molar-refractivity contribution < 1.29 is 4.74 Å². The van der Waals surface area contributed by atoms with Crippen LogP contribution in [-0.4, -0.2) is 18.9 Å². The number of rotatable bonds is 1. The molecule has 1 aliphatic heterocycles. The molecule has 3 heteroatoms. The molecule has 1 nitrogen and oxygen atoms in total. The minimum atomic E-state index is 0.906. The van der Waals surface area contributed by atoms with Gasteiger partial charge in [-0.2, -0.15) is 0 Å². The van der Waals surface area contributed by atoms with Gasteiger partial charge in [0.1, 0.15) is 0 Å². The molecule has 48 valence electrons. The van der Waals surface area contributed by atoms with Gasteiger partial charge in [0.15, 0.2) is 0 Å². The summed E-state index contributed by atoms with van der Waals surface area (Å²) in [5, 5.41) is 0. The van der Waals surface area contributed by atoms with Gasteiger partial charge >= 0.3 is 0 Å². The van der Waals surface area contributed by atoms with Crippen LogP contribution in [0.5, 0.6) is 0 Å². The Hall–Kier alpha value is 0.870. The van der Waals surface area contributed by atoms with Crippen molar-refractivity contribution in [2.75, 3.05) is 13.2 Å². The van der Waals surface area contributed by atoms with Crippen LogP contribution in [0.4, 0.5) is 0 Å². The van der Waals surface area contributed by atoms with Crippen LogP contribution in [0.2, 0.25) is 0 Å². The first-order chi connectivity index (χ1) is 3.93. The van der Waals surface area contributed by atoms with Crippen LogP contribution in [0, 0.1) is 0 Å². The third-order valence-corrected chi connectivity index (χ3v) is 4.20. The zero-order chi connectivity index (χ0) is 5.82. The minimum absolute atomic E-state index is 0.906. The third-order valence-electron chi connectivity index (χ3n) is 1.38. The molecule has 0 saturated carbocycles. The highest BCUT2D eigenvalue weighted by atomic mass is 79.9. The van der Waals surface area contributed by atoms with Gasteiger partial charge in [0, 0.05) is 13.2 Å². The Balaban J connectivity index is 2.13. The van der Waals surface area contributed by atoms with Gasteiger partial charge in [-0.3, -0.25) is 0 Å². The van der Waals surface area contributed by atoms with E-state index in [1.54, 1.807) is 0 Å². The first kappa shape index (κ1) is 6.98. The van der Waals surface area contributed by atoms with Crippen LogP contribution in [-0.2, 0) is 4.74 Å². The van der Waals surface area contributed by atoms with Gasteiger partial charge in [-0.25, -0.2) is 0 Å². The molecule has 1 saturated heterocycles. The average molecular weight is 197 g/mol. The normalized spacial score (nSPS) is 25.1. The fraction of sp³-hybridized carbons (Fsp3) is 1.00. The highest BCUT2D eigenvalue weighted by molar-refractivity contribution is 9.36. The summed E-state index contributed by atoms with van der Waals surface area (Å²) in [6.07, 6.45) is 2.51. The van der Waals surface area contributed by atoms with Crippen LogP contribution in [0.1, 0.15) is 12.8 Å². The van der Waals surface area contributed by atoms with Gasteiger partial charge in [0.25, 0.3) is 0 Å². The monoisotopic (exact) mass is 196 g/mol. The summed E-state index contributed by atoms with van der Waals surface area (Å²) in [6.45, 7) is 1.95. The Labute approximate surface area is 59.7 Å². The molecule has 8 heavy (non-hydrogen) atoms. The summed E-state index contributed by atoms with van der Waals surface area (Å²) in [6, 6.07) is 0. The molecular formula is C5H10BrOP. The largest absolute Gasteiger partial charge is 0.381 e. The lowest BCUT2D eigenvalue weighted by molar-refractivity contribution is 0.0998. The number of halogens is 1. The lowest BCUT2D eigenvalue weighted by Crippen LogP contribution is -2.15. The van der Waals surface area contributed by atoms with Gasteiger partial charge < -0.3 is 4.74 Å². The number of ether oxygens (including phenoxy) is 1. The molecule has 1 fully saturated rings. The predicted molar refractivity (Wildman–Crippen MR) is 41.1 cm³/mol. The molecule has 1 rings (SSSR count). The van der Waals surface area contributed by atoms with Gasteiger partial charge in [0.2, 0.25) is 0 Å². The Morgan fingerprint density at radius 3 is 2.38 bits per heavy atom. The summed E-state index contributed by atoms with van der Waals surface area (Å²) in [5.41, 5.74) is 0.906. The molecule has 1 heterocycles. The maximum atomic E-state index is 5.19. The van der Waals surface area contributed by atoms with E-state index in [2.05, 4.69) is 15.5 Å². The second-order valence-corrected chi connectivity index (χ2v) is 4.40. The first-order valence-electron chi connectivity index (χ1n) is 2.87. The lowest BCUT2D eigenvalue weighted by Gasteiger charge is -2.18. The van der Waals surface area contributed by atoms with Gasteiger partial charge in [-0.05, 0) is 25.8 Å². The molecule has 0 N–H and O–H groups in total. The fourth-order valence-electron chi connectivity index (χ4n) is 0.807. The molecule has 1 atom stereocenters. The highest BCUT2D eigenvalue weighted by Gasteiger charge is 2.10. The van der Waals surface area contributed by atoms with Crippen molar-refractivity contribution in [3.8, 4) is 0 Å². The zero-order valence-corrected chi connectivity index (χ0v) is 7.28. The minimum Gasteiger partial charge on any atom is -0.381 e. The molecule has 1 aliphatic rings. The van der Waals surface area contributed by atoms with E-state index in [4.69, 9.17) is 4.74 Å². The molecule has 0 spiro atoms. The van der Waals surface area contributed by atoms with Gasteiger partial charge in [0.05, 0.1) is 0 Å². The molecule has 0 aliphatic carbocycles. The fourth-order valence-corrected chi connectivity index (χ4v) is 2.63. The van der Waals surface area contributed by atoms with Gasteiger partial charge in [-0.15, -0.1) is 0 Å². The second-order valence-electron chi connectivity index (χ2n) is 2.00. The second kappa shape index (κ2) is 3.81. The maximum absolute atomic E-state index is 5.19. The van der Waals surface area contributed by atoms with E-state index >= 15 is 0 Å². The SMILES string of the molecule is BrPC1CCOCC1. The Morgan fingerprint density at radius 1 is 1.38 bits per heavy atom. The van der Waals surface area contributed by atoms with Gasteiger partial charge in [-0.1, -0.05) is 15.5 Å². The maximum Gasteiger partial charge on any atom is 0.0472 e. The average Bonchev–Trinajstić information content (AvgIpc) is 1.90. The third kappa shape index (κ3) is 2.00. The summed E-state index contributed by atoms with van der Waals surface area (Å²) in [5.74, 6) is 0. The van der Waals surface area contributed by atoms with E-state index in [1.165, 1.54) is 12.8 Å². The van der Waals surface area contributed by atoms with E-state index in [0.717, 1.165) is 26.2 Å². The van der Waals surface area contributed by atoms with Crippen LogP contribution in [0.25, 0.3) is 0 Å². The van der Waals surface area contributed by atoms with Crippen molar-refractivity contribution in [2.24, 2.45) is 0 Å². The quantitative estimate of drug-likeness (QED) is 0.585. The topological polar surface area (TPSA) is 9.23 Å². The Kier molecular flexibility index (Phi) is 3.33. The van der Waals surface area contributed by atoms with E-state index in [0.29, 0.717) is 0 Å². The standard InChI is InChI=1S/C5H10BrOP/c6-8-5-1-3-7-4-2-5/h5,8H,1-4H2. The van der Waals surface area contributed by atoms with Crippen molar-refractivity contribution in [3.05, 3.63) is 0 Å². The van der Waals surface area contributed by atoms with Crippen molar-refractivity contribution in [2.45, 2.75) is 18.5 Å². The number of hydrogen-bond donors (Lipinski definition) is 0. The Bertz CT molecular complexity index is 63.4. The van der Waals surface area contributed by atoms with E-state index in [9.17, 15) is 0 Å². The molecule has 0 bridgehead atoms. The lowest BCUT2D eigenvalue weighted by atomic mass is 10.2. The summed E-state index contributed by atoms with van der Waals surface area (Å²) in [7, 11) is 0.939.